The van der Waals surface area contributed by atoms with Gasteiger partial charge in [-0.2, -0.15) is 0 Å². The van der Waals surface area contributed by atoms with Crippen molar-refractivity contribution in [1.29, 1.82) is 0 Å². The molecule has 0 atom stereocenters. The van der Waals surface area contributed by atoms with Crippen molar-refractivity contribution in [3.63, 3.8) is 0 Å². The molecule has 1 aromatic rings. The fraction of sp³-hybridized carbons (Fsp3) is 0.333. The van der Waals surface area contributed by atoms with Gasteiger partial charge in [-0.3, -0.25) is 0 Å². The van der Waals surface area contributed by atoms with Gasteiger partial charge in [0.15, 0.2) is 17.5 Å². The average molecular weight is 207 g/mol. The monoisotopic (exact) mass is 207 g/mol. The molecular weight excluding hydrogens is 198 g/mol. The van der Waals surface area contributed by atoms with Gasteiger partial charge in [0.25, 0.3) is 0 Å². The zero-order chi connectivity index (χ0) is 10.9. The van der Waals surface area contributed by atoms with Crippen LogP contribution in [0.5, 0.6) is 0 Å². The standard InChI is InChI=1S/C9H9F4N/c1-4-6(10)5(2-3-14)8(12)9(13)7(4)11/h2-3,14H2,1H3. The second-order valence-corrected chi connectivity index (χ2v) is 2.90. The van der Waals surface area contributed by atoms with Crippen LogP contribution in [0.2, 0.25) is 0 Å². The van der Waals surface area contributed by atoms with Gasteiger partial charge >= 0.3 is 0 Å². The summed E-state index contributed by atoms with van der Waals surface area (Å²) < 4.78 is 51.8. The Balaban J connectivity index is 3.43. The van der Waals surface area contributed by atoms with E-state index in [4.69, 9.17) is 5.73 Å². The number of benzene rings is 1. The first-order valence-corrected chi connectivity index (χ1v) is 4.02. The van der Waals surface area contributed by atoms with Gasteiger partial charge in [0.05, 0.1) is 0 Å². The number of hydrogen-bond donors (Lipinski definition) is 1. The smallest absolute Gasteiger partial charge is 0.195 e. The van der Waals surface area contributed by atoms with Crippen LogP contribution >= 0.6 is 0 Å². The van der Waals surface area contributed by atoms with E-state index in [1.54, 1.807) is 0 Å². The summed E-state index contributed by atoms with van der Waals surface area (Å²) in [6.45, 7) is 1.02. The van der Waals surface area contributed by atoms with Crippen LogP contribution in [0, 0.1) is 30.2 Å². The van der Waals surface area contributed by atoms with Crippen LogP contribution in [-0.4, -0.2) is 6.54 Å². The molecule has 14 heavy (non-hydrogen) atoms. The van der Waals surface area contributed by atoms with Gasteiger partial charge in [0.2, 0.25) is 0 Å². The molecule has 0 bridgehead atoms. The van der Waals surface area contributed by atoms with Crippen molar-refractivity contribution >= 4 is 0 Å². The molecule has 5 heteroatoms. The summed E-state index contributed by atoms with van der Waals surface area (Å²) in [4.78, 5) is 0. The van der Waals surface area contributed by atoms with Crippen molar-refractivity contribution in [3.8, 4) is 0 Å². The highest BCUT2D eigenvalue weighted by Gasteiger charge is 2.21. The lowest BCUT2D eigenvalue weighted by Gasteiger charge is -2.08. The largest absolute Gasteiger partial charge is 0.330 e. The van der Waals surface area contributed by atoms with Gasteiger partial charge in [-0.15, -0.1) is 0 Å². The lowest BCUT2D eigenvalue weighted by Crippen LogP contribution is -2.11. The average Bonchev–Trinajstić information content (AvgIpc) is 2.19. The third kappa shape index (κ3) is 1.59. The molecule has 0 aliphatic heterocycles. The number of nitrogens with two attached hydrogens (primary N) is 1. The Hall–Kier alpha value is -1.10. The van der Waals surface area contributed by atoms with Crippen LogP contribution in [-0.2, 0) is 6.42 Å². The molecule has 0 fully saturated rings. The number of hydrogen-bond acceptors (Lipinski definition) is 1. The predicted molar refractivity (Wildman–Crippen MR) is 43.8 cm³/mol. The van der Waals surface area contributed by atoms with E-state index >= 15 is 0 Å². The Labute approximate surface area is 78.5 Å². The van der Waals surface area contributed by atoms with E-state index in [0.29, 0.717) is 0 Å². The Morgan fingerprint density at radius 1 is 0.929 bits per heavy atom. The van der Waals surface area contributed by atoms with Crippen LogP contribution in [0.3, 0.4) is 0 Å². The van der Waals surface area contributed by atoms with Gasteiger partial charge in [-0.05, 0) is 19.9 Å². The van der Waals surface area contributed by atoms with Crippen LogP contribution in [0.4, 0.5) is 17.6 Å². The third-order valence-corrected chi connectivity index (χ3v) is 1.97. The molecule has 2 N–H and O–H groups in total. The van der Waals surface area contributed by atoms with E-state index in [9.17, 15) is 17.6 Å². The third-order valence-electron chi connectivity index (χ3n) is 1.97. The molecule has 0 amide bonds. The molecule has 78 valence electrons. The molecule has 0 aliphatic rings. The van der Waals surface area contributed by atoms with Crippen molar-refractivity contribution in [2.45, 2.75) is 13.3 Å². The van der Waals surface area contributed by atoms with E-state index < -0.39 is 34.4 Å². The minimum absolute atomic E-state index is 0.0294. The van der Waals surface area contributed by atoms with E-state index in [2.05, 4.69) is 0 Å². The van der Waals surface area contributed by atoms with Gasteiger partial charge in [-0.1, -0.05) is 0 Å². The maximum Gasteiger partial charge on any atom is 0.195 e. The maximum absolute atomic E-state index is 13.2. The molecule has 0 saturated heterocycles. The summed E-state index contributed by atoms with van der Waals surface area (Å²) in [5.41, 5.74) is 4.07. The van der Waals surface area contributed by atoms with E-state index in [0.717, 1.165) is 6.92 Å². The molecule has 0 radical (unpaired) electrons. The molecule has 0 unspecified atom stereocenters. The highest BCUT2D eigenvalue weighted by atomic mass is 19.2. The van der Waals surface area contributed by atoms with Crippen LogP contribution < -0.4 is 5.73 Å². The molecule has 0 spiro atoms. The van der Waals surface area contributed by atoms with Crippen LogP contribution in [0.15, 0.2) is 0 Å². The quantitative estimate of drug-likeness (QED) is 0.448. The molecule has 1 aromatic carbocycles. The lowest BCUT2D eigenvalue weighted by molar-refractivity contribution is 0.419. The van der Waals surface area contributed by atoms with Gasteiger partial charge in [-0.25, -0.2) is 17.6 Å². The molecule has 0 saturated carbocycles. The topological polar surface area (TPSA) is 26.0 Å². The summed E-state index contributed by atoms with van der Waals surface area (Å²) in [5.74, 6) is -5.68. The zero-order valence-corrected chi connectivity index (χ0v) is 7.50. The molecule has 0 aromatic heterocycles. The highest BCUT2D eigenvalue weighted by molar-refractivity contribution is 5.29. The summed E-state index contributed by atoms with van der Waals surface area (Å²) >= 11 is 0. The fourth-order valence-corrected chi connectivity index (χ4v) is 1.18. The summed E-state index contributed by atoms with van der Waals surface area (Å²) in [6.07, 6.45) is -0.157. The predicted octanol–water partition coefficient (Wildman–Crippen LogP) is 2.05. The fourth-order valence-electron chi connectivity index (χ4n) is 1.18. The first-order valence-electron chi connectivity index (χ1n) is 4.02. The van der Waals surface area contributed by atoms with Crippen LogP contribution in [0.1, 0.15) is 11.1 Å². The van der Waals surface area contributed by atoms with Crippen molar-refractivity contribution in [2.75, 3.05) is 6.54 Å². The van der Waals surface area contributed by atoms with Gasteiger partial charge in [0.1, 0.15) is 5.82 Å². The highest BCUT2D eigenvalue weighted by Crippen LogP contribution is 2.23. The van der Waals surface area contributed by atoms with Crippen molar-refractivity contribution in [1.82, 2.24) is 0 Å². The molecular formula is C9H9F4N. The van der Waals surface area contributed by atoms with E-state index in [1.807, 2.05) is 0 Å². The van der Waals surface area contributed by atoms with Crippen molar-refractivity contribution in [2.24, 2.45) is 5.73 Å². The van der Waals surface area contributed by atoms with E-state index in [1.165, 1.54) is 0 Å². The Bertz CT molecular complexity index is 333. The second kappa shape index (κ2) is 3.96. The second-order valence-electron chi connectivity index (χ2n) is 2.90. The van der Waals surface area contributed by atoms with Gasteiger partial charge < -0.3 is 5.73 Å². The maximum atomic E-state index is 13.2. The normalized spacial score (nSPS) is 10.7. The number of halogens is 4. The first kappa shape index (κ1) is 11.0. The van der Waals surface area contributed by atoms with Crippen molar-refractivity contribution in [3.05, 3.63) is 34.4 Å². The van der Waals surface area contributed by atoms with Gasteiger partial charge in [0, 0.05) is 11.1 Å². The zero-order valence-electron chi connectivity index (χ0n) is 7.50. The Kier molecular flexibility index (Phi) is 3.10. The Morgan fingerprint density at radius 3 is 2.00 bits per heavy atom. The van der Waals surface area contributed by atoms with Crippen molar-refractivity contribution < 1.29 is 17.6 Å². The summed E-state index contributed by atoms with van der Waals surface area (Å²) in [5, 5.41) is 0. The SMILES string of the molecule is Cc1c(F)c(F)c(F)c(CCN)c1F. The summed E-state index contributed by atoms with van der Waals surface area (Å²) in [6, 6.07) is 0. The van der Waals surface area contributed by atoms with Crippen LogP contribution in [0.25, 0.3) is 0 Å². The summed E-state index contributed by atoms with van der Waals surface area (Å²) in [7, 11) is 0. The molecule has 0 heterocycles. The minimum Gasteiger partial charge on any atom is -0.330 e. The number of rotatable bonds is 2. The molecule has 1 nitrogen and oxygen atoms in total. The molecule has 0 aliphatic carbocycles. The molecule has 1 rings (SSSR count). The minimum atomic E-state index is -1.65. The Morgan fingerprint density at radius 2 is 1.50 bits per heavy atom. The lowest BCUT2D eigenvalue weighted by atomic mass is 10.1. The first-order chi connectivity index (χ1) is 6.50. The van der Waals surface area contributed by atoms with E-state index in [-0.39, 0.29) is 13.0 Å².